The lowest BCUT2D eigenvalue weighted by atomic mass is 9.74. The molecule has 0 saturated carbocycles. The maximum Gasteiger partial charge on any atom is 0.332 e. The van der Waals surface area contributed by atoms with Crippen LogP contribution < -0.4 is 5.32 Å². The SMILES string of the molecule is O=C(O)C1=C(c2ccccc2)C=CC(C(=O)NCCc2ccccc2)(c2nc(-c3ccc(Cl)c(Cl)c3)cs2)C1. The summed E-state index contributed by atoms with van der Waals surface area (Å²) in [5.74, 6) is -1.36. The fraction of sp³-hybridized carbons (Fsp3) is 0.129. The molecule has 0 fully saturated rings. The number of aliphatic carboxylic acids is 1. The normalized spacial score (nSPS) is 16.8. The molecular weight excluding hydrogens is 551 g/mol. The molecule has 3 aromatic carbocycles. The van der Waals surface area contributed by atoms with Crippen LogP contribution in [0.2, 0.25) is 10.0 Å². The van der Waals surface area contributed by atoms with Crippen LogP contribution in [-0.4, -0.2) is 28.5 Å². The summed E-state index contributed by atoms with van der Waals surface area (Å²) in [6.07, 6.45) is 4.14. The highest BCUT2D eigenvalue weighted by atomic mass is 35.5. The molecule has 5 rings (SSSR count). The molecule has 0 saturated heterocycles. The minimum atomic E-state index is -1.29. The van der Waals surface area contributed by atoms with Crippen LogP contribution in [0.1, 0.15) is 22.6 Å². The standard InChI is InChI=1S/C31H24Cl2N2O3S/c32-25-12-11-22(17-26(25)33)27-19-39-30(35-27)31(29(38)34-16-14-20-7-3-1-4-8-20)15-13-23(24(18-31)28(36)37)21-9-5-2-6-10-21/h1-13,15,17,19H,14,16,18H2,(H,34,38)(H,36,37). The van der Waals surface area contributed by atoms with E-state index in [2.05, 4.69) is 5.32 Å². The molecule has 1 aliphatic rings. The molecule has 39 heavy (non-hydrogen) atoms. The van der Waals surface area contributed by atoms with Crippen molar-refractivity contribution in [3.8, 4) is 11.3 Å². The van der Waals surface area contributed by atoms with Gasteiger partial charge in [-0.2, -0.15) is 0 Å². The minimum absolute atomic E-state index is 0.0332. The highest BCUT2D eigenvalue weighted by molar-refractivity contribution is 7.10. The third-order valence-corrected chi connectivity index (χ3v) is 8.47. The van der Waals surface area contributed by atoms with E-state index in [1.54, 1.807) is 24.3 Å². The zero-order valence-corrected chi connectivity index (χ0v) is 23.1. The number of aromatic nitrogens is 1. The van der Waals surface area contributed by atoms with E-state index < -0.39 is 11.4 Å². The van der Waals surface area contributed by atoms with Gasteiger partial charge in [-0.25, -0.2) is 9.78 Å². The van der Waals surface area contributed by atoms with E-state index in [1.807, 2.05) is 72.1 Å². The van der Waals surface area contributed by atoms with Crippen molar-refractivity contribution >= 4 is 52.0 Å². The number of rotatable bonds is 8. The molecule has 1 aliphatic carbocycles. The van der Waals surface area contributed by atoms with Crippen LogP contribution in [0, 0.1) is 0 Å². The summed E-state index contributed by atoms with van der Waals surface area (Å²) in [4.78, 5) is 31.2. The lowest BCUT2D eigenvalue weighted by Gasteiger charge is -2.31. The van der Waals surface area contributed by atoms with E-state index in [1.165, 1.54) is 11.3 Å². The number of carbonyl (C=O) groups is 2. The Hall–Kier alpha value is -3.71. The Morgan fingerprint density at radius 2 is 1.67 bits per heavy atom. The molecule has 4 aromatic rings. The quantitative estimate of drug-likeness (QED) is 0.233. The van der Waals surface area contributed by atoms with Crippen LogP contribution in [-0.2, 0) is 21.4 Å². The molecule has 5 nitrogen and oxygen atoms in total. The number of amides is 1. The lowest BCUT2D eigenvalue weighted by molar-refractivity contribution is -0.133. The van der Waals surface area contributed by atoms with Gasteiger partial charge in [0.1, 0.15) is 10.4 Å². The van der Waals surface area contributed by atoms with Crippen LogP contribution in [0.4, 0.5) is 0 Å². The number of carboxylic acid groups (broad SMARTS) is 1. The van der Waals surface area contributed by atoms with Gasteiger partial charge in [0.2, 0.25) is 5.91 Å². The molecule has 1 amide bonds. The number of hydrogen-bond donors (Lipinski definition) is 2. The van der Waals surface area contributed by atoms with Crippen LogP contribution in [0.25, 0.3) is 16.8 Å². The second kappa shape index (κ2) is 11.6. The van der Waals surface area contributed by atoms with E-state index >= 15 is 0 Å². The topological polar surface area (TPSA) is 79.3 Å². The predicted molar refractivity (Wildman–Crippen MR) is 157 cm³/mol. The highest BCUT2D eigenvalue weighted by Gasteiger charge is 2.45. The Kier molecular flexibility index (Phi) is 7.98. The summed E-state index contributed by atoms with van der Waals surface area (Å²) < 4.78 is 0. The molecule has 8 heteroatoms. The van der Waals surface area contributed by atoms with Crippen LogP contribution in [0.3, 0.4) is 0 Å². The monoisotopic (exact) mass is 574 g/mol. The zero-order valence-electron chi connectivity index (χ0n) is 20.7. The summed E-state index contributed by atoms with van der Waals surface area (Å²) in [7, 11) is 0. The Balaban J connectivity index is 1.52. The minimum Gasteiger partial charge on any atom is -0.478 e. The third kappa shape index (κ3) is 5.69. The van der Waals surface area contributed by atoms with Gasteiger partial charge in [-0.1, -0.05) is 102 Å². The maximum atomic E-state index is 13.9. The predicted octanol–water partition coefficient (Wildman–Crippen LogP) is 7.21. The first kappa shape index (κ1) is 26.9. The smallest absolute Gasteiger partial charge is 0.332 e. The van der Waals surface area contributed by atoms with Crippen molar-refractivity contribution in [3.05, 3.63) is 128 Å². The van der Waals surface area contributed by atoms with Gasteiger partial charge in [0.05, 0.1) is 15.7 Å². The van der Waals surface area contributed by atoms with Crippen molar-refractivity contribution in [1.82, 2.24) is 10.3 Å². The molecule has 1 heterocycles. The number of halogens is 2. The van der Waals surface area contributed by atoms with Crippen molar-refractivity contribution in [3.63, 3.8) is 0 Å². The fourth-order valence-corrected chi connectivity index (χ4v) is 5.93. The van der Waals surface area contributed by atoms with Gasteiger partial charge in [-0.05, 0) is 35.3 Å². The van der Waals surface area contributed by atoms with Crippen LogP contribution >= 0.6 is 34.5 Å². The molecule has 196 valence electrons. The molecule has 0 bridgehead atoms. The Morgan fingerprint density at radius 3 is 2.36 bits per heavy atom. The van der Waals surface area contributed by atoms with Gasteiger partial charge in [0.15, 0.2) is 0 Å². The summed E-state index contributed by atoms with van der Waals surface area (Å²) >= 11 is 13.6. The third-order valence-electron chi connectivity index (χ3n) is 6.71. The maximum absolute atomic E-state index is 13.9. The summed E-state index contributed by atoms with van der Waals surface area (Å²) in [5, 5.41) is 16.5. The molecule has 1 unspecified atom stereocenters. The van der Waals surface area contributed by atoms with Gasteiger partial charge in [0, 0.05) is 29.5 Å². The first-order valence-electron chi connectivity index (χ1n) is 12.3. The average Bonchev–Trinajstić information content (AvgIpc) is 3.46. The number of nitrogens with zero attached hydrogens (tertiary/aromatic N) is 1. The van der Waals surface area contributed by atoms with Gasteiger partial charge in [-0.15, -0.1) is 11.3 Å². The fourth-order valence-electron chi connectivity index (χ4n) is 4.63. The van der Waals surface area contributed by atoms with Gasteiger partial charge in [0.25, 0.3) is 0 Å². The lowest BCUT2D eigenvalue weighted by Crippen LogP contribution is -2.45. The van der Waals surface area contributed by atoms with E-state index in [0.29, 0.717) is 39.3 Å². The van der Waals surface area contributed by atoms with E-state index in [0.717, 1.165) is 16.7 Å². The van der Waals surface area contributed by atoms with Gasteiger partial charge >= 0.3 is 5.97 Å². The first-order chi connectivity index (χ1) is 18.9. The second-order valence-electron chi connectivity index (χ2n) is 9.20. The highest BCUT2D eigenvalue weighted by Crippen LogP contribution is 2.43. The van der Waals surface area contributed by atoms with Crippen LogP contribution in [0.15, 0.2) is 102 Å². The first-order valence-corrected chi connectivity index (χ1v) is 14.0. The van der Waals surface area contributed by atoms with Crippen LogP contribution in [0.5, 0.6) is 0 Å². The van der Waals surface area contributed by atoms with Crippen molar-refractivity contribution in [2.24, 2.45) is 0 Å². The second-order valence-corrected chi connectivity index (χ2v) is 10.9. The Labute approximate surface area is 240 Å². The molecule has 1 aromatic heterocycles. The molecular formula is C31H24Cl2N2O3S. The summed E-state index contributed by atoms with van der Waals surface area (Å²) in [6, 6.07) is 24.4. The number of benzene rings is 3. The van der Waals surface area contributed by atoms with E-state index in [4.69, 9.17) is 28.2 Å². The molecule has 1 atom stereocenters. The van der Waals surface area contributed by atoms with Crippen molar-refractivity contribution < 1.29 is 14.7 Å². The molecule has 0 radical (unpaired) electrons. The Morgan fingerprint density at radius 1 is 0.949 bits per heavy atom. The van der Waals surface area contributed by atoms with Crippen molar-refractivity contribution in [2.45, 2.75) is 18.3 Å². The molecule has 0 aliphatic heterocycles. The summed E-state index contributed by atoms with van der Waals surface area (Å²) in [5.41, 5.74) is 2.71. The zero-order chi connectivity index (χ0) is 27.4. The number of carboxylic acids is 1. The number of allylic oxidation sites excluding steroid dienone is 2. The molecule has 0 spiro atoms. The molecule has 2 N–H and O–H groups in total. The number of hydrogen-bond acceptors (Lipinski definition) is 4. The summed E-state index contributed by atoms with van der Waals surface area (Å²) in [6.45, 7) is 0.404. The van der Waals surface area contributed by atoms with Gasteiger partial charge < -0.3 is 10.4 Å². The number of nitrogens with one attached hydrogen (secondary N) is 1. The van der Waals surface area contributed by atoms with Gasteiger partial charge in [-0.3, -0.25) is 4.79 Å². The van der Waals surface area contributed by atoms with Crippen molar-refractivity contribution in [1.29, 1.82) is 0 Å². The number of carbonyl (C=O) groups excluding carboxylic acids is 1. The number of thiazole rings is 1. The van der Waals surface area contributed by atoms with Crippen molar-refractivity contribution in [2.75, 3.05) is 6.54 Å². The largest absolute Gasteiger partial charge is 0.478 e. The average molecular weight is 576 g/mol. The van der Waals surface area contributed by atoms with E-state index in [-0.39, 0.29) is 17.9 Å². The Bertz CT molecular complexity index is 1580. The van der Waals surface area contributed by atoms with E-state index in [9.17, 15) is 14.7 Å².